The van der Waals surface area contributed by atoms with Crippen LogP contribution >= 0.6 is 0 Å². The number of hydrogen-bond acceptors (Lipinski definition) is 6. The standard InChI is InChI=1S/C18H25NO5/c1-21-14-4-3-5-15(12-14)24-11-8-19-13-18(6-9-23-10-7-18)16(19)17(20)22-2/h3-5,12,16H,6-11,13H2,1-2H3. The van der Waals surface area contributed by atoms with Gasteiger partial charge in [0.25, 0.3) is 0 Å². The topological polar surface area (TPSA) is 57.2 Å². The van der Waals surface area contributed by atoms with E-state index in [1.54, 1.807) is 7.11 Å². The Hall–Kier alpha value is -1.79. The van der Waals surface area contributed by atoms with E-state index in [2.05, 4.69) is 4.90 Å². The first-order valence-corrected chi connectivity index (χ1v) is 8.35. The smallest absolute Gasteiger partial charge is 0.323 e. The van der Waals surface area contributed by atoms with Crippen molar-refractivity contribution >= 4 is 5.97 Å². The van der Waals surface area contributed by atoms with Gasteiger partial charge in [0.15, 0.2) is 0 Å². The first-order valence-electron chi connectivity index (χ1n) is 8.35. The molecule has 0 aliphatic carbocycles. The molecule has 2 saturated heterocycles. The lowest BCUT2D eigenvalue weighted by Gasteiger charge is -2.57. The van der Waals surface area contributed by atoms with Gasteiger partial charge in [-0.3, -0.25) is 9.69 Å². The number of carbonyl (C=O) groups is 1. The summed E-state index contributed by atoms with van der Waals surface area (Å²) in [5, 5.41) is 0. The van der Waals surface area contributed by atoms with E-state index >= 15 is 0 Å². The number of benzene rings is 1. The third kappa shape index (κ3) is 3.35. The molecule has 1 unspecified atom stereocenters. The average molecular weight is 335 g/mol. The number of nitrogens with zero attached hydrogens (tertiary/aromatic N) is 1. The molecule has 24 heavy (non-hydrogen) atoms. The van der Waals surface area contributed by atoms with Crippen molar-refractivity contribution in [1.82, 2.24) is 4.90 Å². The number of rotatable bonds is 6. The van der Waals surface area contributed by atoms with Gasteiger partial charge in [-0.2, -0.15) is 0 Å². The third-order valence-corrected chi connectivity index (χ3v) is 5.06. The molecular formula is C18H25NO5. The minimum absolute atomic E-state index is 0.0152. The molecule has 1 aromatic carbocycles. The van der Waals surface area contributed by atoms with Gasteiger partial charge in [0.2, 0.25) is 0 Å². The van der Waals surface area contributed by atoms with E-state index in [9.17, 15) is 4.79 Å². The lowest BCUT2D eigenvalue weighted by Crippen LogP contribution is -2.69. The van der Waals surface area contributed by atoms with Crippen molar-refractivity contribution < 1.29 is 23.7 Å². The Morgan fingerprint density at radius 2 is 2.04 bits per heavy atom. The highest BCUT2D eigenvalue weighted by Gasteiger charge is 2.56. The van der Waals surface area contributed by atoms with Crippen LogP contribution in [-0.4, -0.2) is 64.0 Å². The zero-order chi connectivity index (χ0) is 17.0. The van der Waals surface area contributed by atoms with E-state index in [-0.39, 0.29) is 17.4 Å². The molecule has 2 heterocycles. The average Bonchev–Trinajstić information content (AvgIpc) is 2.61. The summed E-state index contributed by atoms with van der Waals surface area (Å²) in [4.78, 5) is 14.4. The summed E-state index contributed by atoms with van der Waals surface area (Å²) >= 11 is 0. The van der Waals surface area contributed by atoms with Crippen molar-refractivity contribution in [3.8, 4) is 11.5 Å². The van der Waals surface area contributed by atoms with Crippen molar-refractivity contribution in [3.63, 3.8) is 0 Å². The molecule has 0 N–H and O–H groups in total. The van der Waals surface area contributed by atoms with E-state index < -0.39 is 0 Å². The molecule has 2 aliphatic heterocycles. The van der Waals surface area contributed by atoms with Gasteiger partial charge in [-0.05, 0) is 25.0 Å². The lowest BCUT2D eigenvalue weighted by atomic mass is 9.66. The molecule has 132 valence electrons. The molecule has 1 spiro atoms. The second-order valence-corrected chi connectivity index (χ2v) is 6.40. The molecule has 1 aromatic rings. The number of esters is 1. The lowest BCUT2D eigenvalue weighted by molar-refractivity contribution is -0.181. The van der Waals surface area contributed by atoms with Crippen molar-refractivity contribution in [2.24, 2.45) is 5.41 Å². The maximum atomic E-state index is 12.2. The SMILES string of the molecule is COC(=O)C1N(CCOc2cccc(OC)c2)CC12CCOCC2. The van der Waals surface area contributed by atoms with Gasteiger partial charge in [0.1, 0.15) is 24.1 Å². The second-order valence-electron chi connectivity index (χ2n) is 6.40. The van der Waals surface area contributed by atoms with Crippen LogP contribution in [0.15, 0.2) is 24.3 Å². The van der Waals surface area contributed by atoms with Gasteiger partial charge in [0, 0.05) is 37.8 Å². The summed E-state index contributed by atoms with van der Waals surface area (Å²) in [5.41, 5.74) is 0.0152. The van der Waals surface area contributed by atoms with E-state index in [1.165, 1.54) is 7.11 Å². The molecule has 0 saturated carbocycles. The summed E-state index contributed by atoms with van der Waals surface area (Å²) in [6.45, 7) is 3.56. The fourth-order valence-electron chi connectivity index (χ4n) is 3.76. The number of hydrogen-bond donors (Lipinski definition) is 0. The molecule has 2 aliphatic rings. The number of ether oxygens (including phenoxy) is 4. The maximum Gasteiger partial charge on any atom is 0.323 e. The molecule has 6 nitrogen and oxygen atoms in total. The molecule has 6 heteroatoms. The Balaban J connectivity index is 1.55. The molecule has 1 atom stereocenters. The maximum absolute atomic E-state index is 12.2. The van der Waals surface area contributed by atoms with Crippen LogP contribution in [0.2, 0.25) is 0 Å². The monoisotopic (exact) mass is 335 g/mol. The normalized spacial score (nSPS) is 22.7. The van der Waals surface area contributed by atoms with Crippen LogP contribution in [0.4, 0.5) is 0 Å². The zero-order valence-electron chi connectivity index (χ0n) is 14.3. The Kier molecular flexibility index (Phi) is 5.26. The Morgan fingerprint density at radius 3 is 2.75 bits per heavy atom. The fourth-order valence-corrected chi connectivity index (χ4v) is 3.76. The summed E-state index contributed by atoms with van der Waals surface area (Å²) in [5.74, 6) is 1.39. The quantitative estimate of drug-likeness (QED) is 0.738. The third-order valence-electron chi connectivity index (χ3n) is 5.06. The summed E-state index contributed by atoms with van der Waals surface area (Å²) in [6, 6.07) is 7.35. The van der Waals surface area contributed by atoms with Gasteiger partial charge >= 0.3 is 5.97 Å². The largest absolute Gasteiger partial charge is 0.497 e. The molecule has 2 fully saturated rings. The fraction of sp³-hybridized carbons (Fsp3) is 0.611. The van der Waals surface area contributed by atoms with Crippen molar-refractivity contribution in [2.45, 2.75) is 18.9 Å². The van der Waals surface area contributed by atoms with Crippen LogP contribution in [0.25, 0.3) is 0 Å². The first-order chi connectivity index (χ1) is 11.7. The molecule has 3 rings (SSSR count). The highest BCUT2D eigenvalue weighted by molar-refractivity contribution is 5.78. The first kappa shape index (κ1) is 17.0. The van der Waals surface area contributed by atoms with Crippen LogP contribution in [0.3, 0.4) is 0 Å². The van der Waals surface area contributed by atoms with E-state index in [4.69, 9.17) is 18.9 Å². The highest BCUT2D eigenvalue weighted by Crippen LogP contribution is 2.46. The minimum Gasteiger partial charge on any atom is -0.497 e. The molecular weight excluding hydrogens is 310 g/mol. The van der Waals surface area contributed by atoms with Gasteiger partial charge in [-0.25, -0.2) is 0 Å². The highest BCUT2D eigenvalue weighted by atomic mass is 16.5. The molecule has 0 bridgehead atoms. The van der Waals surface area contributed by atoms with Crippen LogP contribution in [0.1, 0.15) is 12.8 Å². The number of carbonyl (C=O) groups excluding carboxylic acids is 1. The van der Waals surface area contributed by atoms with Crippen LogP contribution in [0, 0.1) is 5.41 Å². The molecule has 0 aromatic heterocycles. The van der Waals surface area contributed by atoms with E-state index in [0.717, 1.165) is 44.1 Å². The van der Waals surface area contributed by atoms with Crippen LogP contribution in [-0.2, 0) is 14.3 Å². The van der Waals surface area contributed by atoms with E-state index in [0.29, 0.717) is 13.2 Å². The predicted octanol–water partition coefficient (Wildman–Crippen LogP) is 1.73. The predicted molar refractivity (Wildman–Crippen MR) is 88.4 cm³/mol. The van der Waals surface area contributed by atoms with Gasteiger partial charge in [-0.1, -0.05) is 6.07 Å². The Labute approximate surface area is 142 Å². The van der Waals surface area contributed by atoms with Gasteiger partial charge in [0.05, 0.1) is 14.2 Å². The summed E-state index contributed by atoms with van der Waals surface area (Å²) in [7, 11) is 3.09. The summed E-state index contributed by atoms with van der Waals surface area (Å²) in [6.07, 6.45) is 1.83. The summed E-state index contributed by atoms with van der Waals surface area (Å²) < 4.78 is 21.5. The number of methoxy groups -OCH3 is 2. The Bertz CT molecular complexity index is 570. The Morgan fingerprint density at radius 1 is 1.29 bits per heavy atom. The van der Waals surface area contributed by atoms with Crippen molar-refractivity contribution in [2.75, 3.05) is 47.1 Å². The van der Waals surface area contributed by atoms with Crippen molar-refractivity contribution in [3.05, 3.63) is 24.3 Å². The van der Waals surface area contributed by atoms with Gasteiger partial charge < -0.3 is 18.9 Å². The van der Waals surface area contributed by atoms with Crippen LogP contribution in [0.5, 0.6) is 11.5 Å². The molecule has 0 radical (unpaired) electrons. The molecule has 0 amide bonds. The van der Waals surface area contributed by atoms with Gasteiger partial charge in [-0.15, -0.1) is 0 Å². The van der Waals surface area contributed by atoms with Crippen molar-refractivity contribution in [1.29, 1.82) is 0 Å². The number of likely N-dealkylation sites (tertiary alicyclic amines) is 1. The minimum atomic E-state index is -0.180. The second kappa shape index (κ2) is 7.40. The van der Waals surface area contributed by atoms with Crippen LogP contribution < -0.4 is 9.47 Å². The zero-order valence-corrected chi connectivity index (χ0v) is 14.3. The van der Waals surface area contributed by atoms with E-state index in [1.807, 2.05) is 24.3 Å².